The first-order valence-electron chi connectivity index (χ1n) is 5.22. The van der Waals surface area contributed by atoms with Crippen molar-refractivity contribution >= 4 is 0 Å². The third kappa shape index (κ3) is 3.34. The van der Waals surface area contributed by atoms with Crippen LogP contribution in [0.15, 0.2) is 0 Å². The van der Waals surface area contributed by atoms with Crippen molar-refractivity contribution in [2.75, 3.05) is 13.2 Å². The van der Waals surface area contributed by atoms with E-state index in [1.54, 1.807) is 0 Å². The third-order valence-electron chi connectivity index (χ3n) is 2.44. The molecule has 0 radical (unpaired) electrons. The highest BCUT2D eigenvalue weighted by Crippen LogP contribution is 2.59. The van der Waals surface area contributed by atoms with Crippen molar-refractivity contribution in [3.63, 3.8) is 0 Å². The topological polar surface area (TPSA) is 9.23 Å². The summed E-state index contributed by atoms with van der Waals surface area (Å²) in [5.41, 5.74) is -7.39. The highest BCUT2D eigenvalue weighted by molar-refractivity contribution is 5.10. The molecule has 0 amide bonds. The molecule has 0 aromatic heterocycles. The molecule has 21 heavy (non-hydrogen) atoms. The fraction of sp³-hybridized carbons (Fsp3) is 1.00. The molecule has 0 aromatic rings. The Bertz CT molecular complexity index is 329. The first-order valence-corrected chi connectivity index (χ1v) is 5.22. The van der Waals surface area contributed by atoms with E-state index in [2.05, 4.69) is 4.74 Å². The molecular weight excluding hydrogens is 333 g/mol. The van der Waals surface area contributed by atoms with E-state index in [4.69, 9.17) is 0 Å². The first kappa shape index (κ1) is 20.2. The van der Waals surface area contributed by atoms with Gasteiger partial charge in [0.25, 0.3) is 0 Å². The lowest BCUT2D eigenvalue weighted by Gasteiger charge is -2.39. The zero-order chi connectivity index (χ0) is 17.3. The van der Waals surface area contributed by atoms with Crippen molar-refractivity contribution in [2.24, 2.45) is 0 Å². The van der Waals surface area contributed by atoms with E-state index in [0.29, 0.717) is 0 Å². The summed E-state index contributed by atoms with van der Waals surface area (Å²) < 4.78 is 142. The number of hydrogen-bond donors (Lipinski definition) is 0. The normalized spacial score (nSPS) is 15.4. The predicted octanol–water partition coefficient (Wildman–Crippen LogP) is 4.52. The first-order chi connectivity index (χ1) is 9.06. The molecule has 0 aliphatic heterocycles. The van der Waals surface area contributed by atoms with E-state index in [-0.39, 0.29) is 6.61 Å². The van der Waals surface area contributed by atoms with Gasteiger partial charge < -0.3 is 4.74 Å². The molecule has 0 aliphatic carbocycles. The number of ether oxygens (including phenoxy) is 1. The molecular formula is C9H9F11O. The van der Waals surface area contributed by atoms with Crippen LogP contribution in [0.3, 0.4) is 0 Å². The fourth-order valence-electron chi connectivity index (χ4n) is 1.27. The molecule has 0 aromatic carbocycles. The lowest BCUT2D eigenvalue weighted by Crippen LogP contribution is -2.70. The van der Waals surface area contributed by atoms with Gasteiger partial charge in [-0.15, -0.1) is 0 Å². The molecule has 12 heteroatoms. The minimum Gasteiger partial charge on any atom is -0.382 e. The monoisotopic (exact) mass is 342 g/mol. The van der Waals surface area contributed by atoms with Gasteiger partial charge in [0, 0.05) is 13.0 Å². The van der Waals surface area contributed by atoms with Crippen LogP contribution in [0, 0.1) is 0 Å². The molecule has 0 saturated heterocycles. The molecule has 0 rings (SSSR count). The lowest BCUT2D eigenvalue weighted by atomic mass is 9.89. The summed E-state index contributed by atoms with van der Waals surface area (Å²) in [6, 6.07) is 0. The van der Waals surface area contributed by atoms with Crippen LogP contribution in [0.2, 0.25) is 0 Å². The van der Waals surface area contributed by atoms with E-state index in [1.165, 1.54) is 6.92 Å². The maximum atomic E-state index is 13.1. The highest BCUT2D eigenvalue weighted by Gasteiger charge is 2.89. The van der Waals surface area contributed by atoms with Gasteiger partial charge >= 0.3 is 29.9 Å². The third-order valence-corrected chi connectivity index (χ3v) is 2.44. The molecule has 0 unspecified atom stereocenters. The molecule has 0 aliphatic rings. The Morgan fingerprint density at radius 1 is 0.714 bits per heavy atom. The summed E-state index contributed by atoms with van der Waals surface area (Å²) in [6.45, 7) is -0.368. The van der Waals surface area contributed by atoms with Gasteiger partial charge in [-0.25, -0.2) is 4.39 Å². The van der Waals surface area contributed by atoms with E-state index in [1.807, 2.05) is 0 Å². The van der Waals surface area contributed by atoms with Gasteiger partial charge in [0.15, 0.2) is 0 Å². The van der Waals surface area contributed by atoms with E-state index in [0.717, 1.165) is 0 Å². The quantitative estimate of drug-likeness (QED) is 0.510. The molecule has 0 spiro atoms. The fourth-order valence-corrected chi connectivity index (χ4v) is 1.27. The van der Waals surface area contributed by atoms with Crippen LogP contribution in [0.4, 0.5) is 48.3 Å². The van der Waals surface area contributed by atoms with Crippen LogP contribution in [-0.2, 0) is 4.74 Å². The van der Waals surface area contributed by atoms with Crippen LogP contribution >= 0.6 is 0 Å². The van der Waals surface area contributed by atoms with Gasteiger partial charge in [0.1, 0.15) is 0 Å². The smallest absolute Gasteiger partial charge is 0.382 e. The molecule has 0 saturated carbocycles. The van der Waals surface area contributed by atoms with E-state index >= 15 is 0 Å². The Morgan fingerprint density at radius 2 is 1.10 bits per heavy atom. The zero-order valence-corrected chi connectivity index (χ0v) is 10.2. The minimum atomic E-state index is -7.39. The Balaban J connectivity index is 5.79. The van der Waals surface area contributed by atoms with Gasteiger partial charge in [0.05, 0.1) is 6.61 Å². The van der Waals surface area contributed by atoms with Crippen molar-refractivity contribution in [3.05, 3.63) is 0 Å². The van der Waals surface area contributed by atoms with Crippen molar-refractivity contribution in [1.29, 1.82) is 0 Å². The standard InChI is InChI=1S/C9H9F11O/c1-2-21-4-3-5(10,11)7(13,14)6(12,8(15,16)17)9(18,19)20/h2-4H2,1H3. The molecule has 0 bridgehead atoms. The largest absolute Gasteiger partial charge is 0.438 e. The number of rotatable bonds is 6. The van der Waals surface area contributed by atoms with Crippen LogP contribution in [0.25, 0.3) is 0 Å². The Morgan fingerprint density at radius 3 is 1.38 bits per heavy atom. The SMILES string of the molecule is CCOCCC(F)(F)C(F)(F)C(F)(C(F)(F)F)C(F)(F)F. The number of alkyl halides is 11. The van der Waals surface area contributed by atoms with Crippen LogP contribution in [-0.4, -0.2) is 43.1 Å². The summed E-state index contributed by atoms with van der Waals surface area (Å²) in [6.07, 6.45) is -16.8. The molecule has 1 nitrogen and oxygen atoms in total. The van der Waals surface area contributed by atoms with Crippen molar-refractivity contribution in [3.8, 4) is 0 Å². The Hall–Kier alpha value is -0.810. The summed E-state index contributed by atoms with van der Waals surface area (Å²) >= 11 is 0. The number of halogens is 11. The van der Waals surface area contributed by atoms with E-state index in [9.17, 15) is 48.3 Å². The van der Waals surface area contributed by atoms with Crippen molar-refractivity contribution in [2.45, 2.75) is 43.2 Å². The van der Waals surface area contributed by atoms with Crippen molar-refractivity contribution in [1.82, 2.24) is 0 Å². The average molecular weight is 342 g/mol. The minimum absolute atomic E-state index is 0.305. The average Bonchev–Trinajstić information content (AvgIpc) is 2.24. The van der Waals surface area contributed by atoms with Crippen LogP contribution < -0.4 is 0 Å². The van der Waals surface area contributed by atoms with Gasteiger partial charge in [-0.05, 0) is 6.92 Å². The molecule has 0 fully saturated rings. The summed E-state index contributed by atoms with van der Waals surface area (Å²) in [7, 11) is 0. The Kier molecular flexibility index (Phi) is 5.54. The van der Waals surface area contributed by atoms with Crippen LogP contribution in [0.1, 0.15) is 13.3 Å². The second-order valence-corrected chi connectivity index (χ2v) is 3.88. The molecule has 0 atom stereocenters. The van der Waals surface area contributed by atoms with E-state index < -0.39 is 42.9 Å². The maximum Gasteiger partial charge on any atom is 0.438 e. The highest BCUT2D eigenvalue weighted by atomic mass is 19.4. The zero-order valence-electron chi connectivity index (χ0n) is 10.2. The number of hydrogen-bond acceptors (Lipinski definition) is 1. The Labute approximate surface area is 111 Å². The second kappa shape index (κ2) is 5.76. The summed E-state index contributed by atoms with van der Waals surface area (Å²) in [5, 5.41) is 0. The van der Waals surface area contributed by atoms with Gasteiger partial charge in [0.2, 0.25) is 0 Å². The molecule has 0 heterocycles. The van der Waals surface area contributed by atoms with Crippen molar-refractivity contribution < 1.29 is 53.0 Å². The van der Waals surface area contributed by atoms with Gasteiger partial charge in [-0.3, -0.25) is 0 Å². The lowest BCUT2D eigenvalue weighted by molar-refractivity contribution is -0.427. The van der Waals surface area contributed by atoms with Crippen LogP contribution in [0.5, 0.6) is 0 Å². The predicted molar refractivity (Wildman–Crippen MR) is 47.0 cm³/mol. The van der Waals surface area contributed by atoms with Gasteiger partial charge in [-0.1, -0.05) is 0 Å². The summed E-state index contributed by atoms with van der Waals surface area (Å²) in [5.74, 6) is -13.0. The molecule has 128 valence electrons. The molecule has 0 N–H and O–H groups in total. The summed E-state index contributed by atoms with van der Waals surface area (Å²) in [4.78, 5) is 0. The maximum absolute atomic E-state index is 13.1. The second-order valence-electron chi connectivity index (χ2n) is 3.88. The van der Waals surface area contributed by atoms with Gasteiger partial charge in [-0.2, -0.15) is 43.9 Å².